The second kappa shape index (κ2) is 7.94. The van der Waals surface area contributed by atoms with Crippen molar-refractivity contribution in [3.05, 3.63) is 35.9 Å². The highest BCUT2D eigenvalue weighted by atomic mass is 16.5. The quantitative estimate of drug-likeness (QED) is 0.872. The van der Waals surface area contributed by atoms with E-state index in [1.165, 1.54) is 5.56 Å². The van der Waals surface area contributed by atoms with Gasteiger partial charge in [-0.3, -0.25) is 4.79 Å². The molecular weight excluding hydrogens is 282 g/mol. The Labute approximate surface area is 130 Å². The van der Waals surface area contributed by atoms with Crippen molar-refractivity contribution < 1.29 is 19.4 Å². The summed E-state index contributed by atoms with van der Waals surface area (Å²) in [5, 5.41) is 8.98. The minimum atomic E-state index is -1.01. The number of nitrogens with zero attached hydrogens (tertiary/aromatic N) is 1. The third-order valence-corrected chi connectivity index (χ3v) is 4.02. The molecule has 120 valence electrons. The first kappa shape index (κ1) is 16.5. The number of morpholine rings is 1. The predicted octanol–water partition coefficient (Wildman–Crippen LogP) is 1.96. The summed E-state index contributed by atoms with van der Waals surface area (Å²) in [6, 6.07) is 10.2. The van der Waals surface area contributed by atoms with Gasteiger partial charge in [-0.1, -0.05) is 37.3 Å². The molecule has 1 amide bonds. The number of aliphatic carboxylic acids is 1. The van der Waals surface area contributed by atoms with Crippen LogP contribution in [-0.4, -0.2) is 47.7 Å². The number of ether oxygens (including phenoxy) is 1. The Bertz CT molecular complexity index is 503. The summed E-state index contributed by atoms with van der Waals surface area (Å²) in [6.45, 7) is 2.83. The molecule has 1 N–H and O–H groups in total. The molecule has 2 rings (SSSR count). The second-order valence-electron chi connectivity index (χ2n) is 5.76. The summed E-state index contributed by atoms with van der Waals surface area (Å²) in [7, 11) is 0. The van der Waals surface area contributed by atoms with Gasteiger partial charge >= 0.3 is 5.97 Å². The molecule has 1 aliphatic heterocycles. The SMILES string of the molecule is CC(CCCc1ccccc1)C(=O)N1CCOC(C(=O)O)C1. The molecule has 0 saturated carbocycles. The molecule has 1 aromatic carbocycles. The fourth-order valence-electron chi connectivity index (χ4n) is 2.69. The van der Waals surface area contributed by atoms with Gasteiger partial charge in [-0.2, -0.15) is 0 Å². The number of carbonyl (C=O) groups is 2. The molecule has 0 aromatic heterocycles. The number of benzene rings is 1. The van der Waals surface area contributed by atoms with E-state index in [0.29, 0.717) is 13.2 Å². The Kier molecular flexibility index (Phi) is 5.95. The summed E-state index contributed by atoms with van der Waals surface area (Å²) in [6.07, 6.45) is 1.82. The maximum Gasteiger partial charge on any atom is 0.334 e. The molecular formula is C17H23NO4. The topological polar surface area (TPSA) is 66.8 Å². The first-order chi connectivity index (χ1) is 10.6. The van der Waals surface area contributed by atoms with Crippen molar-refractivity contribution in [1.29, 1.82) is 0 Å². The average molecular weight is 305 g/mol. The van der Waals surface area contributed by atoms with Gasteiger partial charge in [-0.25, -0.2) is 4.79 Å². The Morgan fingerprint density at radius 1 is 1.36 bits per heavy atom. The van der Waals surface area contributed by atoms with Gasteiger partial charge in [-0.05, 0) is 24.8 Å². The fourth-order valence-corrected chi connectivity index (χ4v) is 2.69. The van der Waals surface area contributed by atoms with Crippen LogP contribution in [-0.2, 0) is 20.7 Å². The normalized spacial score (nSPS) is 19.7. The lowest BCUT2D eigenvalue weighted by molar-refractivity contribution is -0.160. The number of hydrogen-bond acceptors (Lipinski definition) is 3. The largest absolute Gasteiger partial charge is 0.479 e. The minimum Gasteiger partial charge on any atom is -0.479 e. The molecule has 0 spiro atoms. The lowest BCUT2D eigenvalue weighted by Gasteiger charge is -2.32. The maximum atomic E-state index is 12.4. The summed E-state index contributed by atoms with van der Waals surface area (Å²) in [5.41, 5.74) is 1.28. The molecule has 0 radical (unpaired) electrons. The van der Waals surface area contributed by atoms with Crippen LogP contribution in [0.3, 0.4) is 0 Å². The van der Waals surface area contributed by atoms with E-state index in [1.807, 2.05) is 25.1 Å². The van der Waals surface area contributed by atoms with Gasteiger partial charge in [0, 0.05) is 12.5 Å². The molecule has 1 aliphatic rings. The Balaban J connectivity index is 1.78. The molecule has 5 heteroatoms. The Morgan fingerprint density at radius 3 is 2.77 bits per heavy atom. The van der Waals surface area contributed by atoms with Crippen LogP contribution in [0.5, 0.6) is 0 Å². The first-order valence-electron chi connectivity index (χ1n) is 7.75. The smallest absolute Gasteiger partial charge is 0.334 e. The number of hydrogen-bond donors (Lipinski definition) is 1. The second-order valence-corrected chi connectivity index (χ2v) is 5.76. The number of carboxylic acid groups (broad SMARTS) is 1. The molecule has 2 atom stereocenters. The molecule has 0 bridgehead atoms. The van der Waals surface area contributed by atoms with E-state index >= 15 is 0 Å². The molecule has 5 nitrogen and oxygen atoms in total. The first-order valence-corrected chi connectivity index (χ1v) is 7.75. The minimum absolute atomic E-state index is 0.0302. The predicted molar refractivity (Wildman–Crippen MR) is 82.5 cm³/mol. The van der Waals surface area contributed by atoms with E-state index in [-0.39, 0.29) is 18.4 Å². The van der Waals surface area contributed by atoms with Crippen molar-refractivity contribution in [1.82, 2.24) is 4.90 Å². The van der Waals surface area contributed by atoms with Crippen LogP contribution in [0.4, 0.5) is 0 Å². The summed E-state index contributed by atoms with van der Waals surface area (Å²) in [5.74, 6) is -1.06. The molecule has 1 heterocycles. The molecule has 1 saturated heterocycles. The highest BCUT2D eigenvalue weighted by Crippen LogP contribution is 2.15. The van der Waals surface area contributed by atoms with Crippen LogP contribution in [0.2, 0.25) is 0 Å². The van der Waals surface area contributed by atoms with Crippen molar-refractivity contribution in [3.8, 4) is 0 Å². The summed E-state index contributed by atoms with van der Waals surface area (Å²) >= 11 is 0. The highest BCUT2D eigenvalue weighted by molar-refractivity contribution is 5.80. The van der Waals surface area contributed by atoms with Gasteiger partial charge < -0.3 is 14.7 Å². The van der Waals surface area contributed by atoms with Gasteiger partial charge in [0.25, 0.3) is 0 Å². The van der Waals surface area contributed by atoms with Crippen LogP contribution in [0, 0.1) is 5.92 Å². The van der Waals surface area contributed by atoms with E-state index in [4.69, 9.17) is 9.84 Å². The maximum absolute atomic E-state index is 12.4. The van der Waals surface area contributed by atoms with Gasteiger partial charge in [0.05, 0.1) is 13.2 Å². The Hall–Kier alpha value is -1.88. The third-order valence-electron chi connectivity index (χ3n) is 4.02. The zero-order chi connectivity index (χ0) is 15.9. The zero-order valence-electron chi connectivity index (χ0n) is 12.9. The van der Waals surface area contributed by atoms with Crippen molar-refractivity contribution in [2.24, 2.45) is 5.92 Å². The number of carbonyl (C=O) groups excluding carboxylic acids is 1. The number of amides is 1. The van der Waals surface area contributed by atoms with Crippen LogP contribution in [0.1, 0.15) is 25.3 Å². The van der Waals surface area contributed by atoms with Gasteiger partial charge in [0.15, 0.2) is 6.10 Å². The summed E-state index contributed by atoms with van der Waals surface area (Å²) < 4.78 is 5.15. The number of rotatable bonds is 6. The van der Waals surface area contributed by atoms with E-state index in [0.717, 1.165) is 19.3 Å². The van der Waals surface area contributed by atoms with Crippen molar-refractivity contribution in [3.63, 3.8) is 0 Å². The summed E-state index contributed by atoms with van der Waals surface area (Å²) in [4.78, 5) is 25.0. The lowest BCUT2D eigenvalue weighted by Crippen LogP contribution is -2.50. The molecule has 1 fully saturated rings. The Morgan fingerprint density at radius 2 is 2.09 bits per heavy atom. The molecule has 0 aliphatic carbocycles. The zero-order valence-corrected chi connectivity index (χ0v) is 12.9. The number of aryl methyl sites for hydroxylation is 1. The number of carboxylic acids is 1. The average Bonchev–Trinajstić information content (AvgIpc) is 2.55. The van der Waals surface area contributed by atoms with Crippen LogP contribution >= 0.6 is 0 Å². The monoisotopic (exact) mass is 305 g/mol. The highest BCUT2D eigenvalue weighted by Gasteiger charge is 2.30. The van der Waals surface area contributed by atoms with E-state index in [9.17, 15) is 9.59 Å². The van der Waals surface area contributed by atoms with Crippen LogP contribution in [0.25, 0.3) is 0 Å². The van der Waals surface area contributed by atoms with Gasteiger partial charge in [0.2, 0.25) is 5.91 Å². The van der Waals surface area contributed by atoms with E-state index in [2.05, 4.69) is 12.1 Å². The molecule has 2 unspecified atom stereocenters. The van der Waals surface area contributed by atoms with Crippen molar-refractivity contribution in [2.75, 3.05) is 19.7 Å². The van der Waals surface area contributed by atoms with E-state index in [1.54, 1.807) is 4.90 Å². The lowest BCUT2D eigenvalue weighted by atomic mass is 9.99. The van der Waals surface area contributed by atoms with Crippen LogP contribution < -0.4 is 0 Å². The van der Waals surface area contributed by atoms with Crippen molar-refractivity contribution >= 4 is 11.9 Å². The standard InChI is InChI=1S/C17H23NO4/c1-13(6-5-9-14-7-3-2-4-8-14)16(19)18-10-11-22-15(12-18)17(20)21/h2-4,7-8,13,15H,5-6,9-12H2,1H3,(H,20,21). The van der Waals surface area contributed by atoms with Crippen molar-refractivity contribution in [2.45, 2.75) is 32.3 Å². The van der Waals surface area contributed by atoms with Gasteiger partial charge in [0.1, 0.15) is 0 Å². The third kappa shape index (κ3) is 4.56. The van der Waals surface area contributed by atoms with Gasteiger partial charge in [-0.15, -0.1) is 0 Å². The van der Waals surface area contributed by atoms with Crippen LogP contribution in [0.15, 0.2) is 30.3 Å². The molecule has 1 aromatic rings. The van der Waals surface area contributed by atoms with E-state index < -0.39 is 12.1 Å². The fraction of sp³-hybridized carbons (Fsp3) is 0.529. The molecule has 22 heavy (non-hydrogen) atoms.